The van der Waals surface area contributed by atoms with E-state index in [2.05, 4.69) is 9.97 Å². The van der Waals surface area contributed by atoms with E-state index in [-0.39, 0.29) is 23.8 Å². The fraction of sp³-hybridized carbons (Fsp3) is 0.409. The van der Waals surface area contributed by atoms with Crippen molar-refractivity contribution in [1.82, 2.24) is 9.97 Å². The molecule has 0 saturated carbocycles. The lowest BCUT2D eigenvalue weighted by molar-refractivity contribution is -0.139. The first-order valence-electron chi connectivity index (χ1n) is 10.2. The summed E-state index contributed by atoms with van der Waals surface area (Å²) in [5, 5.41) is 28.8. The van der Waals surface area contributed by atoms with E-state index in [1.165, 1.54) is 43.5 Å². The molecule has 0 radical (unpaired) electrons. The largest absolute Gasteiger partial charge is 0.481 e. The van der Waals surface area contributed by atoms with Gasteiger partial charge in [0.2, 0.25) is 16.0 Å². The van der Waals surface area contributed by atoms with Gasteiger partial charge in [0, 0.05) is 24.6 Å². The van der Waals surface area contributed by atoms with Gasteiger partial charge in [0.05, 0.1) is 36.3 Å². The number of aromatic nitrogens is 2. The summed E-state index contributed by atoms with van der Waals surface area (Å²) in [6.45, 7) is 3.71. The van der Waals surface area contributed by atoms with E-state index in [9.17, 15) is 27.8 Å². The van der Waals surface area contributed by atoms with Crippen molar-refractivity contribution in [3.8, 4) is 11.3 Å². The standard InChI is InChI=1S/C22H28FN3O6S.H2O/c1-13(2)20-18(10-9-16(27)11-17(28)12-19(29)30)21(14-5-7-15(23)8-6-14)25-22(24-20)26(3)33(4,31)32;/h5-10,13,16-17,27-28H,11-12H2,1-4H3,(H,29,30);1H2/b10-9+;. The van der Waals surface area contributed by atoms with Gasteiger partial charge >= 0.3 is 5.97 Å². The molecule has 1 aromatic carbocycles. The molecular weight excluding hydrogens is 469 g/mol. The Morgan fingerprint density at radius 1 is 1.18 bits per heavy atom. The van der Waals surface area contributed by atoms with Gasteiger partial charge in [-0.25, -0.2) is 27.1 Å². The number of aliphatic hydroxyl groups excluding tert-OH is 2. The Bertz CT molecular complexity index is 1120. The van der Waals surface area contributed by atoms with Crippen LogP contribution in [0.25, 0.3) is 17.3 Å². The first kappa shape index (κ1) is 29.1. The second-order valence-electron chi connectivity index (χ2n) is 7.98. The van der Waals surface area contributed by atoms with Crippen molar-refractivity contribution in [2.24, 2.45) is 0 Å². The number of aliphatic carboxylic acids is 1. The van der Waals surface area contributed by atoms with Crippen LogP contribution in [-0.2, 0) is 14.8 Å². The average Bonchev–Trinajstić information content (AvgIpc) is 2.70. The number of halogens is 1. The number of hydrogen-bond acceptors (Lipinski definition) is 7. The van der Waals surface area contributed by atoms with Gasteiger partial charge < -0.3 is 20.8 Å². The van der Waals surface area contributed by atoms with Crippen LogP contribution in [0, 0.1) is 5.82 Å². The molecule has 1 aromatic heterocycles. The highest BCUT2D eigenvalue weighted by Crippen LogP contribution is 2.31. The highest BCUT2D eigenvalue weighted by atomic mass is 32.2. The summed E-state index contributed by atoms with van der Waals surface area (Å²) in [6.07, 6.45) is 0.860. The first-order chi connectivity index (χ1) is 15.3. The topological polar surface area (TPSA) is 172 Å². The van der Waals surface area contributed by atoms with Crippen LogP contribution in [-0.4, -0.2) is 70.7 Å². The molecule has 188 valence electrons. The lowest BCUT2D eigenvalue weighted by Gasteiger charge is -2.20. The van der Waals surface area contributed by atoms with Gasteiger partial charge in [-0.3, -0.25) is 4.79 Å². The second kappa shape index (κ2) is 12.0. The maximum Gasteiger partial charge on any atom is 0.305 e. The summed E-state index contributed by atoms with van der Waals surface area (Å²) in [4.78, 5) is 19.6. The summed E-state index contributed by atoms with van der Waals surface area (Å²) >= 11 is 0. The number of carbonyl (C=O) groups is 1. The van der Waals surface area contributed by atoms with Gasteiger partial charge in [0.25, 0.3) is 0 Å². The number of anilines is 1. The van der Waals surface area contributed by atoms with Gasteiger partial charge in [-0.15, -0.1) is 0 Å². The Balaban J connectivity index is 0.00000578. The molecule has 34 heavy (non-hydrogen) atoms. The molecule has 0 amide bonds. The molecule has 0 saturated heterocycles. The Labute approximate surface area is 197 Å². The predicted molar refractivity (Wildman–Crippen MR) is 126 cm³/mol. The Hall–Kier alpha value is -2.93. The zero-order chi connectivity index (χ0) is 24.9. The van der Waals surface area contributed by atoms with E-state index >= 15 is 0 Å². The Kier molecular flexibility index (Phi) is 10.2. The lowest BCUT2D eigenvalue weighted by atomic mass is 9.97. The minimum Gasteiger partial charge on any atom is -0.481 e. The average molecular weight is 500 g/mol. The third-order valence-electron chi connectivity index (χ3n) is 4.82. The summed E-state index contributed by atoms with van der Waals surface area (Å²) in [5.41, 5.74) is 1.80. The van der Waals surface area contributed by atoms with Gasteiger partial charge in [0.15, 0.2) is 0 Å². The van der Waals surface area contributed by atoms with E-state index in [0.717, 1.165) is 10.6 Å². The maximum atomic E-state index is 13.5. The molecular formula is C22H30FN3O7S. The molecule has 0 fully saturated rings. The monoisotopic (exact) mass is 499 g/mol. The molecule has 2 rings (SSSR count). The van der Waals surface area contributed by atoms with E-state index in [0.29, 0.717) is 22.5 Å². The van der Waals surface area contributed by atoms with Crippen LogP contribution in [0.5, 0.6) is 0 Å². The van der Waals surface area contributed by atoms with Gasteiger partial charge in [0.1, 0.15) is 5.82 Å². The minimum atomic E-state index is -3.65. The van der Waals surface area contributed by atoms with E-state index in [1.54, 1.807) is 0 Å². The van der Waals surface area contributed by atoms with Crippen molar-refractivity contribution in [2.75, 3.05) is 17.6 Å². The van der Waals surface area contributed by atoms with E-state index < -0.39 is 40.4 Å². The highest BCUT2D eigenvalue weighted by Gasteiger charge is 2.22. The van der Waals surface area contributed by atoms with Crippen molar-refractivity contribution >= 4 is 28.0 Å². The highest BCUT2D eigenvalue weighted by molar-refractivity contribution is 7.92. The summed E-state index contributed by atoms with van der Waals surface area (Å²) < 4.78 is 38.6. The predicted octanol–water partition coefficient (Wildman–Crippen LogP) is 1.58. The number of sulfonamides is 1. The number of nitrogens with zero attached hydrogens (tertiary/aromatic N) is 3. The number of aliphatic hydroxyl groups is 2. The van der Waals surface area contributed by atoms with E-state index in [4.69, 9.17) is 5.11 Å². The van der Waals surface area contributed by atoms with Crippen molar-refractivity contribution in [3.05, 3.63) is 47.4 Å². The third kappa shape index (κ3) is 7.83. The number of hydrogen-bond donors (Lipinski definition) is 3. The molecule has 2 atom stereocenters. The van der Waals surface area contributed by atoms with Crippen LogP contribution >= 0.6 is 0 Å². The van der Waals surface area contributed by atoms with E-state index in [1.807, 2.05) is 13.8 Å². The van der Waals surface area contributed by atoms with Crippen LogP contribution in [0.1, 0.15) is 43.9 Å². The minimum absolute atomic E-state index is 0. The number of rotatable bonds is 10. The van der Waals surface area contributed by atoms with Crippen molar-refractivity contribution < 1.29 is 38.4 Å². The fourth-order valence-corrected chi connectivity index (χ4v) is 3.42. The van der Waals surface area contributed by atoms with Gasteiger partial charge in [-0.2, -0.15) is 0 Å². The summed E-state index contributed by atoms with van der Waals surface area (Å²) in [7, 11) is -2.33. The fourth-order valence-electron chi connectivity index (χ4n) is 3.05. The zero-order valence-corrected chi connectivity index (χ0v) is 20.1. The molecule has 0 aliphatic carbocycles. The van der Waals surface area contributed by atoms with Gasteiger partial charge in [-0.05, 0) is 30.2 Å². The van der Waals surface area contributed by atoms with Crippen LogP contribution in [0.2, 0.25) is 0 Å². The molecule has 12 heteroatoms. The molecule has 10 nitrogen and oxygen atoms in total. The summed E-state index contributed by atoms with van der Waals surface area (Å²) in [5.74, 6) is -1.87. The smallest absolute Gasteiger partial charge is 0.305 e. The second-order valence-corrected chi connectivity index (χ2v) is 9.99. The SMILES string of the molecule is CC(C)c1nc(N(C)S(C)(=O)=O)nc(-c2ccc(F)cc2)c1/C=C/C(O)CC(O)CC(=O)O.O. The normalized spacial score (nSPS) is 13.5. The zero-order valence-electron chi connectivity index (χ0n) is 19.3. The Morgan fingerprint density at radius 2 is 1.76 bits per heavy atom. The number of carboxylic acids is 1. The molecule has 1 heterocycles. The Morgan fingerprint density at radius 3 is 2.26 bits per heavy atom. The van der Waals surface area contributed by atoms with Crippen molar-refractivity contribution in [2.45, 2.75) is 44.8 Å². The molecule has 0 spiro atoms. The van der Waals surface area contributed by atoms with Crippen LogP contribution in [0.3, 0.4) is 0 Å². The number of benzene rings is 1. The molecule has 0 aliphatic rings. The molecule has 2 aromatic rings. The number of carboxylic acid groups (broad SMARTS) is 1. The first-order valence-corrected chi connectivity index (χ1v) is 12.0. The van der Waals surface area contributed by atoms with Gasteiger partial charge in [-0.1, -0.05) is 26.0 Å². The molecule has 5 N–H and O–H groups in total. The maximum absolute atomic E-state index is 13.5. The molecule has 2 unspecified atom stereocenters. The van der Waals surface area contributed by atoms with Crippen molar-refractivity contribution in [3.63, 3.8) is 0 Å². The molecule has 0 bridgehead atoms. The molecule has 0 aliphatic heterocycles. The van der Waals surface area contributed by atoms with Crippen LogP contribution in [0.4, 0.5) is 10.3 Å². The third-order valence-corrected chi connectivity index (χ3v) is 5.97. The quantitative estimate of drug-likeness (QED) is 0.442. The van der Waals surface area contributed by atoms with Crippen molar-refractivity contribution in [1.29, 1.82) is 0 Å². The summed E-state index contributed by atoms with van der Waals surface area (Å²) in [6, 6.07) is 5.49. The van der Waals surface area contributed by atoms with Crippen LogP contribution < -0.4 is 4.31 Å². The van der Waals surface area contributed by atoms with Crippen LogP contribution in [0.15, 0.2) is 30.3 Å². The lowest BCUT2D eigenvalue weighted by Crippen LogP contribution is -2.27.